The van der Waals surface area contributed by atoms with E-state index in [1.165, 1.54) is 6.92 Å². The van der Waals surface area contributed by atoms with Gasteiger partial charge in [-0.3, -0.25) is 4.79 Å². The van der Waals surface area contributed by atoms with Crippen LogP contribution in [0.1, 0.15) is 52.0 Å². The number of hydrogen-bond acceptors (Lipinski definition) is 8. The van der Waals surface area contributed by atoms with Crippen LogP contribution in [0.15, 0.2) is 200 Å². The van der Waals surface area contributed by atoms with Gasteiger partial charge >= 0.3 is 5.97 Å². The lowest BCUT2D eigenvalue weighted by molar-refractivity contribution is -0.202. The van der Waals surface area contributed by atoms with Crippen LogP contribution < -0.4 is 9.47 Å². The van der Waals surface area contributed by atoms with E-state index in [0.29, 0.717) is 30.3 Å². The van der Waals surface area contributed by atoms with E-state index in [9.17, 15) is 4.79 Å². The number of carbonyl (C=O) groups is 1. The highest BCUT2D eigenvalue weighted by molar-refractivity contribution is 5.66. The Labute approximate surface area is 370 Å². The second-order valence-corrected chi connectivity index (χ2v) is 15.1. The highest BCUT2D eigenvalue weighted by Crippen LogP contribution is 2.39. The van der Waals surface area contributed by atoms with Crippen molar-refractivity contribution in [1.29, 1.82) is 0 Å². The van der Waals surface area contributed by atoms with Crippen molar-refractivity contribution >= 4 is 5.97 Å². The van der Waals surface area contributed by atoms with Crippen LogP contribution >= 0.6 is 0 Å². The molecule has 8 nitrogen and oxygen atoms in total. The second kappa shape index (κ2) is 24.2. The smallest absolute Gasteiger partial charge is 0.303 e. The Kier molecular flexibility index (Phi) is 17.1. The highest BCUT2D eigenvalue weighted by Gasteiger charge is 2.42. The third-order valence-electron chi connectivity index (χ3n) is 10.3. The lowest BCUT2D eigenvalue weighted by Crippen LogP contribution is -2.48. The van der Waals surface area contributed by atoms with Crippen LogP contribution in [0, 0.1) is 0 Å². The standard InChI is InChI=1S/C55H54O8/c1-42(56)63-53(50-33-32-49(58-36-44-22-10-3-11-23-44)34-51(50)59-37-45-24-12-4-13-25-45)55(62-40-48-30-18-7-19-31-48)54(61-39-47-28-16-6-17-29-47)52(60-38-46-26-14-5-15-27-46)41-57-35-43-20-8-2-9-21-43/h2-34,52-55H,35-41H2,1H3/t52-,53+,54-,55+/m1/s1. The molecule has 0 saturated carbocycles. The molecule has 0 saturated heterocycles. The minimum absolute atomic E-state index is 0.142. The molecule has 7 aromatic rings. The number of esters is 1. The maximum Gasteiger partial charge on any atom is 0.303 e. The Hall–Kier alpha value is -6.55. The molecule has 7 aromatic carbocycles. The monoisotopic (exact) mass is 842 g/mol. The van der Waals surface area contributed by atoms with Crippen molar-refractivity contribution in [1.82, 2.24) is 0 Å². The molecule has 0 aliphatic rings. The average molecular weight is 843 g/mol. The summed E-state index contributed by atoms with van der Waals surface area (Å²) < 4.78 is 46.7. The molecule has 0 aromatic heterocycles. The SMILES string of the molecule is CC(=O)O[C@@H](c1ccc(OCc2ccccc2)cc1OCc1ccccc1)[C@H](OCc1ccccc1)[C@H](OCc1ccccc1)[C@@H](COCc1ccccc1)OCc1ccccc1. The molecule has 0 aliphatic heterocycles. The van der Waals surface area contributed by atoms with Crippen LogP contribution in [0.25, 0.3) is 0 Å². The predicted molar refractivity (Wildman–Crippen MR) is 244 cm³/mol. The fraction of sp³-hybridized carbons (Fsp3) is 0.218. The molecule has 4 atom stereocenters. The van der Waals surface area contributed by atoms with E-state index in [-0.39, 0.29) is 33.0 Å². The minimum atomic E-state index is -1.04. The summed E-state index contributed by atoms with van der Waals surface area (Å²) >= 11 is 0. The van der Waals surface area contributed by atoms with Gasteiger partial charge in [-0.1, -0.05) is 182 Å². The summed E-state index contributed by atoms with van der Waals surface area (Å²) in [6, 6.07) is 65.3. The fourth-order valence-electron chi connectivity index (χ4n) is 7.11. The van der Waals surface area contributed by atoms with Gasteiger partial charge in [0.05, 0.1) is 33.0 Å². The zero-order valence-electron chi connectivity index (χ0n) is 35.6. The molecular formula is C55H54O8. The topological polar surface area (TPSA) is 81.7 Å². The zero-order chi connectivity index (χ0) is 43.3. The molecule has 322 valence electrons. The summed E-state index contributed by atoms with van der Waals surface area (Å²) in [5.41, 5.74) is 6.44. The van der Waals surface area contributed by atoms with Gasteiger partial charge in [0.2, 0.25) is 0 Å². The summed E-state index contributed by atoms with van der Waals surface area (Å²) in [6.07, 6.45) is -3.56. The highest BCUT2D eigenvalue weighted by atomic mass is 16.6. The Morgan fingerprint density at radius 2 is 0.825 bits per heavy atom. The van der Waals surface area contributed by atoms with E-state index in [1.54, 1.807) is 0 Å². The maximum absolute atomic E-state index is 13.4. The molecule has 0 fully saturated rings. The Morgan fingerprint density at radius 1 is 0.429 bits per heavy atom. The summed E-state index contributed by atoms with van der Waals surface area (Å²) in [4.78, 5) is 13.4. The molecule has 0 unspecified atom stereocenters. The van der Waals surface area contributed by atoms with E-state index in [0.717, 1.165) is 33.4 Å². The molecule has 0 radical (unpaired) electrons. The van der Waals surface area contributed by atoms with Gasteiger partial charge in [-0.15, -0.1) is 0 Å². The molecule has 63 heavy (non-hydrogen) atoms. The fourth-order valence-corrected chi connectivity index (χ4v) is 7.11. The minimum Gasteiger partial charge on any atom is -0.489 e. The normalized spacial score (nSPS) is 13.0. The molecule has 8 heteroatoms. The third kappa shape index (κ3) is 14.2. The van der Waals surface area contributed by atoms with Gasteiger partial charge < -0.3 is 33.2 Å². The molecular weight excluding hydrogens is 789 g/mol. The van der Waals surface area contributed by atoms with E-state index < -0.39 is 30.4 Å². The largest absolute Gasteiger partial charge is 0.489 e. The van der Waals surface area contributed by atoms with Crippen molar-refractivity contribution in [2.45, 2.75) is 71.0 Å². The van der Waals surface area contributed by atoms with E-state index in [1.807, 2.05) is 200 Å². The average Bonchev–Trinajstić information content (AvgIpc) is 3.34. The lowest BCUT2D eigenvalue weighted by Gasteiger charge is -2.38. The Bertz CT molecular complexity index is 2350. The van der Waals surface area contributed by atoms with Crippen LogP contribution in [0.5, 0.6) is 11.5 Å². The van der Waals surface area contributed by atoms with Crippen molar-refractivity contribution in [2.24, 2.45) is 0 Å². The summed E-state index contributed by atoms with van der Waals surface area (Å²) in [5.74, 6) is 0.549. The van der Waals surface area contributed by atoms with Crippen LogP contribution in [-0.2, 0) is 68.1 Å². The Balaban J connectivity index is 1.31. The molecule has 0 bridgehead atoms. The first-order valence-corrected chi connectivity index (χ1v) is 21.3. The first-order chi connectivity index (χ1) is 31.1. The van der Waals surface area contributed by atoms with Gasteiger partial charge in [0, 0.05) is 18.6 Å². The lowest BCUT2D eigenvalue weighted by atomic mass is 9.95. The predicted octanol–water partition coefficient (Wildman–Crippen LogP) is 11.4. The van der Waals surface area contributed by atoms with Gasteiger partial charge in [-0.25, -0.2) is 0 Å². The van der Waals surface area contributed by atoms with Crippen LogP contribution in [0.3, 0.4) is 0 Å². The maximum atomic E-state index is 13.4. The van der Waals surface area contributed by atoms with Crippen molar-refractivity contribution < 1.29 is 38.0 Å². The van der Waals surface area contributed by atoms with E-state index in [2.05, 4.69) is 0 Å². The van der Waals surface area contributed by atoms with Crippen LogP contribution in [-0.4, -0.2) is 30.9 Å². The third-order valence-corrected chi connectivity index (χ3v) is 10.3. The molecule has 0 spiro atoms. The van der Waals surface area contributed by atoms with Crippen molar-refractivity contribution in [3.8, 4) is 11.5 Å². The molecule has 0 heterocycles. The van der Waals surface area contributed by atoms with Crippen molar-refractivity contribution in [2.75, 3.05) is 6.61 Å². The van der Waals surface area contributed by atoms with Crippen molar-refractivity contribution in [3.05, 3.63) is 239 Å². The molecule has 0 N–H and O–H groups in total. The number of hydrogen-bond donors (Lipinski definition) is 0. The van der Waals surface area contributed by atoms with Gasteiger partial charge in [0.1, 0.15) is 43.0 Å². The quantitative estimate of drug-likeness (QED) is 0.0557. The first-order valence-electron chi connectivity index (χ1n) is 21.3. The van der Waals surface area contributed by atoms with Crippen molar-refractivity contribution in [3.63, 3.8) is 0 Å². The summed E-state index contributed by atoms with van der Waals surface area (Å²) in [7, 11) is 0. The first kappa shape index (κ1) is 44.5. The zero-order valence-corrected chi connectivity index (χ0v) is 35.6. The van der Waals surface area contributed by atoms with Gasteiger partial charge in [-0.05, 0) is 45.5 Å². The van der Waals surface area contributed by atoms with Crippen LogP contribution in [0.4, 0.5) is 0 Å². The number of carbonyl (C=O) groups excluding carboxylic acids is 1. The number of benzene rings is 7. The number of ether oxygens (including phenoxy) is 7. The molecule has 0 aliphatic carbocycles. The molecule has 0 amide bonds. The van der Waals surface area contributed by atoms with Gasteiger partial charge in [-0.2, -0.15) is 0 Å². The Morgan fingerprint density at radius 3 is 1.29 bits per heavy atom. The summed E-state index contributed by atoms with van der Waals surface area (Å²) in [5, 5.41) is 0. The second-order valence-electron chi connectivity index (χ2n) is 15.1. The summed E-state index contributed by atoms with van der Waals surface area (Å²) in [6.45, 7) is 3.17. The van der Waals surface area contributed by atoms with Gasteiger partial charge in [0.25, 0.3) is 0 Å². The van der Waals surface area contributed by atoms with E-state index >= 15 is 0 Å². The molecule has 7 rings (SSSR count). The van der Waals surface area contributed by atoms with Crippen LogP contribution in [0.2, 0.25) is 0 Å². The number of rotatable bonds is 24. The van der Waals surface area contributed by atoms with E-state index in [4.69, 9.17) is 33.2 Å². The van der Waals surface area contributed by atoms with Gasteiger partial charge in [0.15, 0.2) is 6.10 Å².